The lowest BCUT2D eigenvalue weighted by Gasteiger charge is -2.14. The van der Waals surface area contributed by atoms with Crippen molar-refractivity contribution < 1.29 is 14.4 Å². The third-order valence-electron chi connectivity index (χ3n) is 4.54. The minimum absolute atomic E-state index is 0.293. The van der Waals surface area contributed by atoms with Crippen LogP contribution in [0.15, 0.2) is 72.8 Å². The molecule has 4 amide bonds. The van der Waals surface area contributed by atoms with Crippen LogP contribution in [-0.2, 0) is 6.54 Å². The molecule has 0 saturated heterocycles. The van der Waals surface area contributed by atoms with Crippen LogP contribution < -0.4 is 15.5 Å². The first-order valence-corrected chi connectivity index (χ1v) is 9.28. The number of benzene rings is 3. The van der Waals surface area contributed by atoms with Gasteiger partial charge in [0.2, 0.25) is 0 Å². The summed E-state index contributed by atoms with van der Waals surface area (Å²) in [6.45, 7) is 0.293. The molecule has 144 valence electrons. The first-order chi connectivity index (χ1) is 14.0. The van der Waals surface area contributed by atoms with Gasteiger partial charge in [0.25, 0.3) is 11.8 Å². The molecule has 0 spiro atoms. The van der Waals surface area contributed by atoms with Crippen molar-refractivity contribution in [1.29, 1.82) is 0 Å². The summed E-state index contributed by atoms with van der Waals surface area (Å²) in [5, 5.41) is 6.06. The fourth-order valence-electron chi connectivity index (χ4n) is 3.08. The van der Waals surface area contributed by atoms with Crippen LogP contribution in [0.5, 0.6) is 0 Å². The minimum atomic E-state index is -0.350. The van der Waals surface area contributed by atoms with Gasteiger partial charge in [0, 0.05) is 17.3 Å². The highest BCUT2D eigenvalue weighted by Gasteiger charge is 2.36. The third kappa shape index (κ3) is 3.83. The quantitative estimate of drug-likeness (QED) is 0.629. The molecular formula is C22H16ClN3O3. The number of hydrogen-bond donors (Lipinski definition) is 2. The van der Waals surface area contributed by atoms with Crippen molar-refractivity contribution in [3.8, 4) is 0 Å². The van der Waals surface area contributed by atoms with E-state index in [-0.39, 0.29) is 17.8 Å². The largest absolute Gasteiger partial charge is 0.334 e. The minimum Gasteiger partial charge on any atom is -0.334 e. The van der Waals surface area contributed by atoms with E-state index in [1.165, 1.54) is 0 Å². The lowest BCUT2D eigenvalue weighted by molar-refractivity contribution is 0.0926. The monoisotopic (exact) mass is 405 g/mol. The molecule has 1 heterocycles. The molecule has 0 aromatic heterocycles. The molecule has 3 aromatic carbocycles. The molecule has 29 heavy (non-hydrogen) atoms. The summed E-state index contributed by atoms with van der Waals surface area (Å²) in [6, 6.07) is 20.1. The molecule has 7 heteroatoms. The topological polar surface area (TPSA) is 78.5 Å². The number of urea groups is 1. The maximum atomic E-state index is 12.5. The van der Waals surface area contributed by atoms with Crippen molar-refractivity contribution >= 4 is 40.8 Å². The molecule has 0 radical (unpaired) electrons. The average Bonchev–Trinajstić information content (AvgIpc) is 2.99. The number of rotatable bonds is 4. The maximum absolute atomic E-state index is 12.5. The first kappa shape index (κ1) is 18.7. The molecule has 1 aliphatic rings. The number of nitrogens with zero attached hydrogens (tertiary/aromatic N) is 1. The zero-order valence-electron chi connectivity index (χ0n) is 15.2. The SMILES string of the molecule is O=C(NCc1ccc(N2C(=O)c3ccccc3C2=O)cc1)Nc1ccc(Cl)cc1. The van der Waals surface area contributed by atoms with Crippen molar-refractivity contribution in [2.24, 2.45) is 0 Å². The number of amides is 4. The molecule has 4 rings (SSSR count). The highest BCUT2D eigenvalue weighted by Crippen LogP contribution is 2.28. The summed E-state index contributed by atoms with van der Waals surface area (Å²) in [4.78, 5) is 38.2. The van der Waals surface area contributed by atoms with E-state index in [0.29, 0.717) is 34.1 Å². The Hall–Kier alpha value is -3.64. The van der Waals surface area contributed by atoms with Crippen molar-refractivity contribution in [3.05, 3.63) is 94.5 Å². The normalized spacial score (nSPS) is 12.7. The molecule has 2 N–H and O–H groups in total. The molecular weight excluding hydrogens is 390 g/mol. The van der Waals surface area contributed by atoms with Gasteiger partial charge in [-0.1, -0.05) is 35.9 Å². The van der Waals surface area contributed by atoms with Crippen LogP contribution >= 0.6 is 11.6 Å². The van der Waals surface area contributed by atoms with E-state index >= 15 is 0 Å². The summed E-state index contributed by atoms with van der Waals surface area (Å²) in [6.07, 6.45) is 0. The molecule has 6 nitrogen and oxygen atoms in total. The smallest absolute Gasteiger partial charge is 0.319 e. The Labute approximate surface area is 172 Å². The summed E-state index contributed by atoms with van der Waals surface area (Å²) in [5.41, 5.74) is 2.76. The van der Waals surface area contributed by atoms with Gasteiger partial charge >= 0.3 is 6.03 Å². The first-order valence-electron chi connectivity index (χ1n) is 8.90. The number of halogens is 1. The third-order valence-corrected chi connectivity index (χ3v) is 4.80. The summed E-state index contributed by atoms with van der Waals surface area (Å²) >= 11 is 5.82. The van der Waals surface area contributed by atoms with Crippen LogP contribution in [0.3, 0.4) is 0 Å². The van der Waals surface area contributed by atoms with Gasteiger partial charge < -0.3 is 10.6 Å². The summed E-state index contributed by atoms with van der Waals surface area (Å²) in [7, 11) is 0. The fourth-order valence-corrected chi connectivity index (χ4v) is 3.20. The second-order valence-electron chi connectivity index (χ2n) is 6.47. The van der Waals surface area contributed by atoms with Gasteiger partial charge in [0.15, 0.2) is 0 Å². The van der Waals surface area contributed by atoms with Gasteiger partial charge in [-0.05, 0) is 54.1 Å². The number of carbonyl (C=O) groups excluding carboxylic acids is 3. The number of nitrogens with one attached hydrogen (secondary N) is 2. The van der Waals surface area contributed by atoms with Crippen LogP contribution in [0.1, 0.15) is 26.3 Å². The average molecular weight is 406 g/mol. The van der Waals surface area contributed by atoms with Crippen LogP contribution in [0.25, 0.3) is 0 Å². The number of imide groups is 1. The fraction of sp³-hybridized carbons (Fsp3) is 0.0455. The van der Waals surface area contributed by atoms with E-state index in [9.17, 15) is 14.4 Å². The van der Waals surface area contributed by atoms with Gasteiger partial charge in [0.1, 0.15) is 0 Å². The lowest BCUT2D eigenvalue weighted by atomic mass is 10.1. The van der Waals surface area contributed by atoms with Gasteiger partial charge in [-0.2, -0.15) is 0 Å². The molecule has 3 aromatic rings. The summed E-state index contributed by atoms with van der Waals surface area (Å²) in [5.74, 6) is -0.669. The van der Waals surface area contributed by atoms with Crippen molar-refractivity contribution in [1.82, 2.24) is 5.32 Å². The highest BCUT2D eigenvalue weighted by molar-refractivity contribution is 6.34. The Morgan fingerprint density at radius 3 is 2.00 bits per heavy atom. The standard InChI is InChI=1S/C22H16ClN3O3/c23-15-7-9-16(10-8-15)25-22(29)24-13-14-5-11-17(12-6-14)26-20(27)18-3-1-2-4-19(18)21(26)28/h1-12H,13H2,(H2,24,25,29). The Bertz CT molecular complexity index is 1060. The van der Waals surface area contributed by atoms with Gasteiger partial charge in [-0.3, -0.25) is 9.59 Å². The Kier molecular flexibility index (Phi) is 5.01. The molecule has 1 aliphatic heterocycles. The number of fused-ring (bicyclic) bond motifs is 1. The summed E-state index contributed by atoms with van der Waals surface area (Å²) < 4.78 is 0. The zero-order valence-corrected chi connectivity index (χ0v) is 15.9. The highest BCUT2D eigenvalue weighted by atomic mass is 35.5. The van der Waals surface area contributed by atoms with E-state index in [0.717, 1.165) is 10.5 Å². The van der Waals surface area contributed by atoms with Crippen LogP contribution in [-0.4, -0.2) is 17.8 Å². The van der Waals surface area contributed by atoms with E-state index in [4.69, 9.17) is 11.6 Å². The second-order valence-corrected chi connectivity index (χ2v) is 6.91. The van der Waals surface area contributed by atoms with E-state index in [2.05, 4.69) is 10.6 Å². The molecule has 0 fully saturated rings. The molecule has 0 unspecified atom stereocenters. The van der Waals surface area contributed by atoms with Crippen LogP contribution in [0, 0.1) is 0 Å². The predicted octanol–water partition coefficient (Wildman–Crippen LogP) is 4.46. The maximum Gasteiger partial charge on any atom is 0.319 e. The zero-order chi connectivity index (χ0) is 20.4. The number of anilines is 2. The Morgan fingerprint density at radius 1 is 0.828 bits per heavy atom. The van der Waals surface area contributed by atoms with Crippen molar-refractivity contribution in [2.45, 2.75) is 6.54 Å². The Balaban J connectivity index is 1.38. The lowest BCUT2D eigenvalue weighted by Crippen LogP contribution is -2.29. The van der Waals surface area contributed by atoms with Gasteiger partial charge in [0.05, 0.1) is 16.8 Å². The van der Waals surface area contributed by atoms with Crippen molar-refractivity contribution in [2.75, 3.05) is 10.2 Å². The van der Waals surface area contributed by atoms with Gasteiger partial charge in [-0.25, -0.2) is 9.69 Å². The van der Waals surface area contributed by atoms with Crippen LogP contribution in [0.4, 0.5) is 16.2 Å². The molecule has 0 aliphatic carbocycles. The van der Waals surface area contributed by atoms with Gasteiger partial charge in [-0.15, -0.1) is 0 Å². The second kappa shape index (κ2) is 7.77. The van der Waals surface area contributed by atoms with E-state index < -0.39 is 0 Å². The van der Waals surface area contributed by atoms with Crippen molar-refractivity contribution in [3.63, 3.8) is 0 Å². The van der Waals surface area contributed by atoms with Crippen LogP contribution in [0.2, 0.25) is 5.02 Å². The number of carbonyl (C=O) groups is 3. The van der Waals surface area contributed by atoms with E-state index in [1.54, 1.807) is 72.8 Å². The molecule has 0 bridgehead atoms. The van der Waals surface area contributed by atoms with E-state index in [1.807, 2.05) is 0 Å². The molecule has 0 saturated carbocycles. The number of hydrogen-bond acceptors (Lipinski definition) is 3. The Morgan fingerprint density at radius 2 is 1.41 bits per heavy atom. The predicted molar refractivity (Wildman–Crippen MR) is 111 cm³/mol. The molecule has 0 atom stereocenters.